The Kier molecular flexibility index (Phi) is 3.43. The van der Waals surface area contributed by atoms with Crippen LogP contribution in [-0.4, -0.2) is 0 Å². The van der Waals surface area contributed by atoms with Gasteiger partial charge in [-0.05, 0) is 24.3 Å². The van der Waals surface area contributed by atoms with Crippen molar-refractivity contribution < 1.29 is 22.3 Å². The number of halogens is 4. The van der Waals surface area contributed by atoms with Gasteiger partial charge < -0.3 is 4.74 Å². The van der Waals surface area contributed by atoms with Gasteiger partial charge in [-0.1, -0.05) is 5.92 Å². The molecule has 0 aliphatic carbocycles. The average Bonchev–Trinajstić information content (AvgIpc) is 2.39. The Bertz CT molecular complexity index is 657. The van der Waals surface area contributed by atoms with Gasteiger partial charge in [0.05, 0.1) is 0 Å². The van der Waals surface area contributed by atoms with Gasteiger partial charge in [0, 0.05) is 6.07 Å². The molecular formula is C14H6F4O. The van der Waals surface area contributed by atoms with Crippen LogP contribution in [0.1, 0.15) is 5.56 Å². The van der Waals surface area contributed by atoms with E-state index in [1.54, 1.807) is 5.92 Å². The summed E-state index contributed by atoms with van der Waals surface area (Å²) in [5.74, 6) is -3.28. The molecular weight excluding hydrogens is 260 g/mol. The van der Waals surface area contributed by atoms with Crippen molar-refractivity contribution in [3.8, 4) is 23.8 Å². The van der Waals surface area contributed by atoms with Crippen LogP contribution in [0, 0.1) is 35.6 Å². The fourth-order valence-corrected chi connectivity index (χ4v) is 1.41. The van der Waals surface area contributed by atoms with E-state index >= 15 is 0 Å². The highest BCUT2D eigenvalue weighted by Gasteiger charge is 2.18. The van der Waals surface area contributed by atoms with Crippen molar-refractivity contribution in [2.45, 2.75) is 0 Å². The molecule has 0 fully saturated rings. The molecule has 0 N–H and O–H groups in total. The van der Waals surface area contributed by atoms with E-state index in [-0.39, 0.29) is 5.75 Å². The van der Waals surface area contributed by atoms with Gasteiger partial charge in [-0.15, -0.1) is 6.42 Å². The highest BCUT2D eigenvalue weighted by Crippen LogP contribution is 2.29. The van der Waals surface area contributed by atoms with Crippen LogP contribution in [0.25, 0.3) is 0 Å². The molecule has 2 aromatic rings. The third-order valence-electron chi connectivity index (χ3n) is 2.31. The molecule has 0 saturated carbocycles. The van der Waals surface area contributed by atoms with Gasteiger partial charge >= 0.3 is 0 Å². The molecule has 0 aliphatic heterocycles. The van der Waals surface area contributed by atoms with Crippen LogP contribution in [0.5, 0.6) is 11.5 Å². The molecule has 2 rings (SSSR count). The SMILES string of the molecule is C#Cc1c(F)c(F)cc(Oc2ccc(F)cc2)c1F. The Balaban J connectivity index is 2.44. The summed E-state index contributed by atoms with van der Waals surface area (Å²) in [5, 5.41) is 0. The summed E-state index contributed by atoms with van der Waals surface area (Å²) in [5.41, 5.74) is -0.850. The van der Waals surface area contributed by atoms with Crippen molar-refractivity contribution in [2.75, 3.05) is 0 Å². The minimum Gasteiger partial charge on any atom is -0.454 e. The van der Waals surface area contributed by atoms with Gasteiger partial charge in [0.15, 0.2) is 23.2 Å². The Morgan fingerprint density at radius 1 is 0.947 bits per heavy atom. The maximum Gasteiger partial charge on any atom is 0.184 e. The van der Waals surface area contributed by atoms with E-state index in [1.165, 1.54) is 12.1 Å². The average molecular weight is 266 g/mol. The maximum atomic E-state index is 13.7. The first-order valence-electron chi connectivity index (χ1n) is 5.10. The van der Waals surface area contributed by atoms with Gasteiger partial charge in [0.25, 0.3) is 0 Å². The number of benzene rings is 2. The molecule has 0 bridgehead atoms. The molecule has 5 heteroatoms. The molecule has 0 amide bonds. The van der Waals surface area contributed by atoms with Gasteiger partial charge in [0.1, 0.15) is 17.1 Å². The first kappa shape index (κ1) is 13.0. The van der Waals surface area contributed by atoms with Crippen molar-refractivity contribution in [1.82, 2.24) is 0 Å². The van der Waals surface area contributed by atoms with Crippen LogP contribution < -0.4 is 4.74 Å². The third kappa shape index (κ3) is 2.52. The smallest absolute Gasteiger partial charge is 0.184 e. The predicted molar refractivity (Wildman–Crippen MR) is 60.7 cm³/mol. The normalized spacial score (nSPS) is 10.1. The third-order valence-corrected chi connectivity index (χ3v) is 2.31. The van der Waals surface area contributed by atoms with Gasteiger partial charge in [-0.2, -0.15) is 0 Å². The van der Waals surface area contributed by atoms with E-state index in [9.17, 15) is 17.6 Å². The van der Waals surface area contributed by atoms with Crippen LogP contribution in [0.3, 0.4) is 0 Å². The van der Waals surface area contributed by atoms with Crippen LogP contribution in [0.15, 0.2) is 30.3 Å². The Hall–Kier alpha value is -2.48. The largest absolute Gasteiger partial charge is 0.454 e. The zero-order valence-corrected chi connectivity index (χ0v) is 9.38. The topological polar surface area (TPSA) is 9.23 Å². The maximum absolute atomic E-state index is 13.7. The second kappa shape index (κ2) is 5.02. The molecule has 96 valence electrons. The van der Waals surface area contributed by atoms with Crippen LogP contribution in [-0.2, 0) is 0 Å². The summed E-state index contributed by atoms with van der Waals surface area (Å²) in [6.45, 7) is 0. The van der Waals surface area contributed by atoms with E-state index in [0.717, 1.165) is 12.1 Å². The zero-order valence-electron chi connectivity index (χ0n) is 9.38. The monoisotopic (exact) mass is 266 g/mol. The summed E-state index contributed by atoms with van der Waals surface area (Å²) in [7, 11) is 0. The first-order chi connectivity index (χ1) is 9.02. The molecule has 19 heavy (non-hydrogen) atoms. The van der Waals surface area contributed by atoms with Crippen LogP contribution in [0.2, 0.25) is 0 Å². The molecule has 2 aromatic carbocycles. The summed E-state index contributed by atoms with van der Waals surface area (Å²) < 4.78 is 57.8. The van der Waals surface area contributed by atoms with Crippen molar-refractivity contribution in [3.63, 3.8) is 0 Å². The number of rotatable bonds is 2. The summed E-state index contributed by atoms with van der Waals surface area (Å²) in [6.07, 6.45) is 4.90. The highest BCUT2D eigenvalue weighted by atomic mass is 19.2. The quantitative estimate of drug-likeness (QED) is 0.453. The minimum atomic E-state index is -1.45. The number of terminal acetylenes is 1. The van der Waals surface area contributed by atoms with E-state index < -0.39 is 34.6 Å². The summed E-state index contributed by atoms with van der Waals surface area (Å²) in [6, 6.07) is 5.12. The molecule has 0 aliphatic rings. The Labute approximate surface area is 106 Å². The lowest BCUT2D eigenvalue weighted by molar-refractivity contribution is 0.419. The van der Waals surface area contributed by atoms with E-state index in [1.807, 2.05) is 0 Å². The van der Waals surface area contributed by atoms with Crippen molar-refractivity contribution in [2.24, 2.45) is 0 Å². The number of hydrogen-bond acceptors (Lipinski definition) is 1. The fourth-order valence-electron chi connectivity index (χ4n) is 1.41. The minimum absolute atomic E-state index is 0.0641. The van der Waals surface area contributed by atoms with E-state index in [2.05, 4.69) is 0 Å². The molecule has 0 spiro atoms. The second-order valence-corrected chi connectivity index (χ2v) is 3.56. The Morgan fingerprint density at radius 3 is 2.16 bits per heavy atom. The zero-order chi connectivity index (χ0) is 14.0. The van der Waals surface area contributed by atoms with Crippen LogP contribution >= 0.6 is 0 Å². The van der Waals surface area contributed by atoms with Gasteiger partial charge in [-0.3, -0.25) is 0 Å². The Morgan fingerprint density at radius 2 is 1.58 bits per heavy atom. The lowest BCUT2D eigenvalue weighted by Gasteiger charge is -2.09. The van der Waals surface area contributed by atoms with Gasteiger partial charge in [-0.25, -0.2) is 17.6 Å². The molecule has 0 aromatic heterocycles. The van der Waals surface area contributed by atoms with Gasteiger partial charge in [0.2, 0.25) is 0 Å². The highest BCUT2D eigenvalue weighted by molar-refractivity contribution is 5.44. The van der Waals surface area contributed by atoms with Crippen molar-refractivity contribution in [1.29, 1.82) is 0 Å². The molecule has 0 atom stereocenters. The first-order valence-corrected chi connectivity index (χ1v) is 5.10. The lowest BCUT2D eigenvalue weighted by atomic mass is 10.2. The van der Waals surface area contributed by atoms with E-state index in [4.69, 9.17) is 11.2 Å². The molecule has 0 heterocycles. The number of hydrogen-bond donors (Lipinski definition) is 0. The summed E-state index contributed by atoms with van der Waals surface area (Å²) in [4.78, 5) is 0. The number of ether oxygens (including phenoxy) is 1. The van der Waals surface area contributed by atoms with Crippen LogP contribution in [0.4, 0.5) is 17.6 Å². The van der Waals surface area contributed by atoms with Crippen molar-refractivity contribution >= 4 is 0 Å². The predicted octanol–water partition coefficient (Wildman–Crippen LogP) is 4.02. The van der Waals surface area contributed by atoms with E-state index in [0.29, 0.717) is 6.07 Å². The van der Waals surface area contributed by atoms with Crippen molar-refractivity contribution in [3.05, 3.63) is 59.2 Å². The molecule has 1 nitrogen and oxygen atoms in total. The molecule has 0 unspecified atom stereocenters. The fraction of sp³-hybridized carbons (Fsp3) is 0. The molecule has 0 radical (unpaired) electrons. The second-order valence-electron chi connectivity index (χ2n) is 3.56. The standard InChI is InChI=1S/C14H6F4O/c1-2-10-13(17)11(16)7-12(14(10)18)19-9-5-3-8(15)4-6-9/h1,3-7H. The lowest BCUT2D eigenvalue weighted by Crippen LogP contribution is -1.99. The summed E-state index contributed by atoms with van der Waals surface area (Å²) >= 11 is 0. The molecule has 0 saturated heterocycles.